The zero-order valence-electron chi connectivity index (χ0n) is 8.92. The molecule has 0 amide bonds. The lowest BCUT2D eigenvalue weighted by atomic mass is 10.3. The van der Waals surface area contributed by atoms with Crippen molar-refractivity contribution in [1.82, 2.24) is 19.8 Å². The minimum absolute atomic E-state index is 0.197. The standard InChI is InChI=1S/C11H6BrClN4O/c12-7-3-1-2-4-8(7)18-10-6-5-9-14-15-11(13)17(9)16-10/h1-6H. The van der Waals surface area contributed by atoms with E-state index in [0.717, 1.165) is 4.47 Å². The summed E-state index contributed by atoms with van der Waals surface area (Å²) in [6.45, 7) is 0. The average molecular weight is 326 g/mol. The Hall–Kier alpha value is -1.66. The van der Waals surface area contributed by atoms with E-state index in [0.29, 0.717) is 17.3 Å². The highest BCUT2D eigenvalue weighted by atomic mass is 79.9. The fraction of sp³-hybridized carbons (Fsp3) is 0. The highest BCUT2D eigenvalue weighted by molar-refractivity contribution is 9.10. The molecule has 1 aromatic carbocycles. The summed E-state index contributed by atoms with van der Waals surface area (Å²) >= 11 is 9.24. The molecule has 2 heterocycles. The average Bonchev–Trinajstić information content (AvgIpc) is 2.74. The van der Waals surface area contributed by atoms with E-state index < -0.39 is 0 Å². The van der Waals surface area contributed by atoms with Gasteiger partial charge in [-0.25, -0.2) is 0 Å². The molecule has 0 fully saturated rings. The van der Waals surface area contributed by atoms with Gasteiger partial charge in [0.1, 0.15) is 5.75 Å². The lowest BCUT2D eigenvalue weighted by Crippen LogP contribution is -1.95. The molecule has 0 bridgehead atoms. The summed E-state index contributed by atoms with van der Waals surface area (Å²) in [5.41, 5.74) is 0.569. The molecular weight excluding hydrogens is 320 g/mol. The molecule has 0 aliphatic heterocycles. The van der Waals surface area contributed by atoms with Crippen LogP contribution in [0.5, 0.6) is 11.6 Å². The van der Waals surface area contributed by atoms with Crippen LogP contribution in [-0.2, 0) is 0 Å². The summed E-state index contributed by atoms with van der Waals surface area (Å²) in [7, 11) is 0. The number of halogens is 2. The van der Waals surface area contributed by atoms with Gasteiger partial charge in [0.05, 0.1) is 4.47 Å². The molecule has 0 saturated heterocycles. The summed E-state index contributed by atoms with van der Waals surface area (Å²) in [4.78, 5) is 0. The first-order chi connectivity index (χ1) is 8.74. The number of benzene rings is 1. The second kappa shape index (κ2) is 4.55. The van der Waals surface area contributed by atoms with Gasteiger partial charge in [0.25, 0.3) is 0 Å². The van der Waals surface area contributed by atoms with Crippen LogP contribution in [0.25, 0.3) is 5.65 Å². The molecule has 0 radical (unpaired) electrons. The maximum Gasteiger partial charge on any atom is 0.246 e. The second-order valence-corrected chi connectivity index (χ2v) is 4.64. The van der Waals surface area contributed by atoms with Crippen LogP contribution in [0.1, 0.15) is 0 Å². The highest BCUT2D eigenvalue weighted by Crippen LogP contribution is 2.28. The molecule has 0 unspecified atom stereocenters. The predicted molar refractivity (Wildman–Crippen MR) is 70.0 cm³/mol. The van der Waals surface area contributed by atoms with E-state index in [2.05, 4.69) is 31.2 Å². The number of hydrogen-bond acceptors (Lipinski definition) is 4. The first kappa shape index (κ1) is 11.4. The molecule has 90 valence electrons. The van der Waals surface area contributed by atoms with Crippen molar-refractivity contribution in [3.05, 3.63) is 46.2 Å². The molecule has 0 spiro atoms. The van der Waals surface area contributed by atoms with Crippen molar-refractivity contribution >= 4 is 33.2 Å². The minimum Gasteiger partial charge on any atom is -0.436 e. The molecule has 0 saturated carbocycles. The monoisotopic (exact) mass is 324 g/mol. The maximum absolute atomic E-state index is 5.84. The summed E-state index contributed by atoms with van der Waals surface area (Å²) in [6, 6.07) is 11.0. The molecule has 0 N–H and O–H groups in total. The van der Waals surface area contributed by atoms with E-state index in [-0.39, 0.29) is 5.28 Å². The third kappa shape index (κ3) is 2.04. The van der Waals surface area contributed by atoms with E-state index in [1.54, 1.807) is 12.1 Å². The Kier molecular flexibility index (Phi) is 2.89. The first-order valence-electron chi connectivity index (χ1n) is 5.04. The molecule has 7 heteroatoms. The third-order valence-electron chi connectivity index (χ3n) is 2.25. The van der Waals surface area contributed by atoms with Gasteiger partial charge in [-0.1, -0.05) is 12.1 Å². The molecule has 0 atom stereocenters. The Morgan fingerprint density at radius 2 is 1.94 bits per heavy atom. The molecule has 2 aromatic heterocycles. The van der Waals surface area contributed by atoms with E-state index in [1.165, 1.54) is 4.52 Å². The number of ether oxygens (including phenoxy) is 1. The number of nitrogens with zero attached hydrogens (tertiary/aromatic N) is 4. The zero-order valence-corrected chi connectivity index (χ0v) is 11.3. The van der Waals surface area contributed by atoms with Crippen LogP contribution in [0.15, 0.2) is 40.9 Å². The first-order valence-corrected chi connectivity index (χ1v) is 6.21. The van der Waals surface area contributed by atoms with Gasteiger partial charge in [-0.15, -0.1) is 15.3 Å². The van der Waals surface area contributed by atoms with Crippen molar-refractivity contribution in [1.29, 1.82) is 0 Å². The van der Waals surface area contributed by atoms with Gasteiger partial charge in [-0.05, 0) is 45.7 Å². The van der Waals surface area contributed by atoms with Crippen molar-refractivity contribution in [2.24, 2.45) is 0 Å². The van der Waals surface area contributed by atoms with Crippen LogP contribution in [0.3, 0.4) is 0 Å². The Balaban J connectivity index is 2.00. The molecule has 0 aliphatic rings. The summed E-state index contributed by atoms with van der Waals surface area (Å²) in [5, 5.41) is 11.9. The lowest BCUT2D eigenvalue weighted by Gasteiger charge is -2.06. The van der Waals surface area contributed by atoms with Gasteiger partial charge in [0, 0.05) is 6.07 Å². The lowest BCUT2D eigenvalue weighted by molar-refractivity contribution is 0.450. The zero-order chi connectivity index (χ0) is 12.5. The maximum atomic E-state index is 5.84. The number of para-hydroxylation sites is 1. The van der Waals surface area contributed by atoms with Crippen molar-refractivity contribution in [3.63, 3.8) is 0 Å². The van der Waals surface area contributed by atoms with Crippen molar-refractivity contribution in [3.8, 4) is 11.6 Å². The van der Waals surface area contributed by atoms with E-state index >= 15 is 0 Å². The van der Waals surface area contributed by atoms with Crippen molar-refractivity contribution in [2.45, 2.75) is 0 Å². The van der Waals surface area contributed by atoms with E-state index in [4.69, 9.17) is 16.3 Å². The molecule has 5 nitrogen and oxygen atoms in total. The molecule has 3 rings (SSSR count). The number of hydrogen-bond donors (Lipinski definition) is 0. The number of fused-ring (bicyclic) bond motifs is 1. The van der Waals surface area contributed by atoms with E-state index in [1.807, 2.05) is 24.3 Å². The van der Waals surface area contributed by atoms with Gasteiger partial charge in [-0.2, -0.15) is 4.52 Å². The van der Waals surface area contributed by atoms with Crippen LogP contribution >= 0.6 is 27.5 Å². The molecule has 0 aliphatic carbocycles. The van der Waals surface area contributed by atoms with Crippen LogP contribution in [0.4, 0.5) is 0 Å². The largest absolute Gasteiger partial charge is 0.436 e. The Morgan fingerprint density at radius 1 is 1.11 bits per heavy atom. The quantitative estimate of drug-likeness (QED) is 0.725. The Labute approximate surface area is 115 Å². The van der Waals surface area contributed by atoms with Gasteiger partial charge in [0.15, 0.2) is 5.65 Å². The van der Waals surface area contributed by atoms with Crippen molar-refractivity contribution < 1.29 is 4.74 Å². The van der Waals surface area contributed by atoms with Crippen LogP contribution in [-0.4, -0.2) is 19.8 Å². The number of aromatic nitrogens is 4. The van der Waals surface area contributed by atoms with E-state index in [9.17, 15) is 0 Å². The van der Waals surface area contributed by atoms with Crippen LogP contribution in [0, 0.1) is 0 Å². The Bertz CT molecular complexity index is 715. The fourth-order valence-corrected chi connectivity index (χ4v) is 1.97. The van der Waals surface area contributed by atoms with Crippen LogP contribution < -0.4 is 4.74 Å². The highest BCUT2D eigenvalue weighted by Gasteiger charge is 2.07. The summed E-state index contributed by atoms with van der Waals surface area (Å²) in [6.07, 6.45) is 0. The van der Waals surface area contributed by atoms with Gasteiger partial charge >= 0.3 is 0 Å². The number of rotatable bonds is 2. The normalized spacial score (nSPS) is 10.8. The van der Waals surface area contributed by atoms with Crippen molar-refractivity contribution in [2.75, 3.05) is 0 Å². The predicted octanol–water partition coefficient (Wildman–Crippen LogP) is 3.33. The SMILES string of the molecule is Clc1nnc2ccc(Oc3ccccc3Br)nn12. The van der Waals surface area contributed by atoms with Crippen LogP contribution in [0.2, 0.25) is 5.28 Å². The van der Waals surface area contributed by atoms with Gasteiger partial charge in [0.2, 0.25) is 11.2 Å². The Morgan fingerprint density at radius 3 is 2.78 bits per heavy atom. The molecular formula is C11H6BrClN4O. The molecule has 18 heavy (non-hydrogen) atoms. The minimum atomic E-state index is 0.197. The molecule has 3 aromatic rings. The smallest absolute Gasteiger partial charge is 0.246 e. The van der Waals surface area contributed by atoms with Gasteiger partial charge < -0.3 is 4.74 Å². The summed E-state index contributed by atoms with van der Waals surface area (Å²) in [5.74, 6) is 1.09. The second-order valence-electron chi connectivity index (χ2n) is 3.44. The third-order valence-corrected chi connectivity index (χ3v) is 3.14. The summed E-state index contributed by atoms with van der Waals surface area (Å²) < 4.78 is 7.91. The fourth-order valence-electron chi connectivity index (χ4n) is 1.44. The van der Waals surface area contributed by atoms with Gasteiger partial charge in [-0.3, -0.25) is 0 Å². The topological polar surface area (TPSA) is 52.3 Å².